The highest BCUT2D eigenvalue weighted by Gasteiger charge is 2.15. The average molecular weight is 309 g/mol. The molecule has 0 fully saturated rings. The first-order valence-corrected chi connectivity index (χ1v) is 5.86. The third kappa shape index (κ3) is 2.62. The van der Waals surface area contributed by atoms with Crippen LogP contribution < -0.4 is 5.32 Å². The number of para-hydroxylation sites is 1. The highest BCUT2D eigenvalue weighted by molar-refractivity contribution is 9.10. The molecule has 6 nitrogen and oxygen atoms in total. The van der Waals surface area contributed by atoms with Crippen molar-refractivity contribution >= 4 is 33.1 Å². The number of hydrogen-bond acceptors (Lipinski definition) is 5. The van der Waals surface area contributed by atoms with Gasteiger partial charge in [-0.1, -0.05) is 12.1 Å². The third-order valence-corrected chi connectivity index (χ3v) is 2.73. The van der Waals surface area contributed by atoms with E-state index in [0.29, 0.717) is 16.1 Å². The minimum atomic E-state index is -0.429. The molecular formula is C11H9BrN4O2. The average Bonchev–Trinajstić information content (AvgIpc) is 2.34. The SMILES string of the molecule is Cc1cccc([N+](=O)[O-])c1Nc1cnc(Br)cn1. The molecule has 0 atom stereocenters. The van der Waals surface area contributed by atoms with Crippen molar-refractivity contribution in [1.82, 2.24) is 9.97 Å². The zero-order valence-corrected chi connectivity index (χ0v) is 11.0. The van der Waals surface area contributed by atoms with Gasteiger partial charge in [-0.25, -0.2) is 9.97 Å². The largest absolute Gasteiger partial charge is 0.333 e. The Morgan fingerprint density at radius 2 is 2.11 bits per heavy atom. The van der Waals surface area contributed by atoms with Crippen LogP contribution in [-0.4, -0.2) is 14.9 Å². The van der Waals surface area contributed by atoms with E-state index in [9.17, 15) is 10.1 Å². The van der Waals surface area contributed by atoms with Crippen molar-refractivity contribution in [1.29, 1.82) is 0 Å². The van der Waals surface area contributed by atoms with E-state index in [0.717, 1.165) is 5.56 Å². The van der Waals surface area contributed by atoms with E-state index in [1.54, 1.807) is 19.1 Å². The van der Waals surface area contributed by atoms with Crippen LogP contribution in [0.5, 0.6) is 0 Å². The summed E-state index contributed by atoms with van der Waals surface area (Å²) in [5.74, 6) is 0.454. The summed E-state index contributed by atoms with van der Waals surface area (Å²) in [6.45, 7) is 1.79. The lowest BCUT2D eigenvalue weighted by molar-refractivity contribution is -0.384. The summed E-state index contributed by atoms with van der Waals surface area (Å²) in [5, 5.41) is 13.9. The van der Waals surface area contributed by atoms with Crippen molar-refractivity contribution in [2.75, 3.05) is 5.32 Å². The molecule has 1 N–H and O–H groups in total. The van der Waals surface area contributed by atoms with Gasteiger partial charge in [0.15, 0.2) is 0 Å². The Morgan fingerprint density at radius 3 is 2.72 bits per heavy atom. The second-order valence-electron chi connectivity index (χ2n) is 3.58. The van der Waals surface area contributed by atoms with Gasteiger partial charge in [0.05, 0.1) is 17.3 Å². The summed E-state index contributed by atoms with van der Waals surface area (Å²) in [5.41, 5.74) is 1.22. The number of nitro benzene ring substituents is 1. The lowest BCUT2D eigenvalue weighted by atomic mass is 10.1. The second kappa shape index (κ2) is 5.09. The monoisotopic (exact) mass is 308 g/mol. The predicted octanol–water partition coefficient (Wildman–Crippen LogP) is 3.20. The molecule has 2 aromatic rings. The van der Waals surface area contributed by atoms with Gasteiger partial charge in [0.25, 0.3) is 5.69 Å². The lowest BCUT2D eigenvalue weighted by Gasteiger charge is -2.08. The summed E-state index contributed by atoms with van der Waals surface area (Å²) >= 11 is 3.17. The fraction of sp³-hybridized carbons (Fsp3) is 0.0909. The van der Waals surface area contributed by atoms with Gasteiger partial charge in [-0.05, 0) is 28.4 Å². The first kappa shape index (κ1) is 12.4. The van der Waals surface area contributed by atoms with Gasteiger partial charge in [0.1, 0.15) is 16.1 Å². The maximum absolute atomic E-state index is 10.9. The number of rotatable bonds is 3. The molecule has 2 rings (SSSR count). The summed E-state index contributed by atoms with van der Waals surface area (Å²) in [4.78, 5) is 18.6. The van der Waals surface area contributed by atoms with Crippen molar-refractivity contribution in [3.05, 3.63) is 50.9 Å². The minimum absolute atomic E-state index is 0.0136. The van der Waals surface area contributed by atoms with Gasteiger partial charge < -0.3 is 5.32 Å². The Bertz CT molecular complexity index is 586. The fourth-order valence-electron chi connectivity index (χ4n) is 1.47. The molecule has 18 heavy (non-hydrogen) atoms. The van der Waals surface area contributed by atoms with Crippen LogP contribution in [0.4, 0.5) is 17.2 Å². The molecule has 0 amide bonds. The summed E-state index contributed by atoms with van der Waals surface area (Å²) in [6.07, 6.45) is 3.02. The second-order valence-corrected chi connectivity index (χ2v) is 4.39. The molecule has 0 saturated heterocycles. The van der Waals surface area contributed by atoms with Crippen LogP contribution in [0.25, 0.3) is 0 Å². The lowest BCUT2D eigenvalue weighted by Crippen LogP contribution is -2.01. The van der Waals surface area contributed by atoms with Gasteiger partial charge in [0.2, 0.25) is 0 Å². The zero-order valence-electron chi connectivity index (χ0n) is 9.42. The van der Waals surface area contributed by atoms with Crippen molar-refractivity contribution in [2.24, 2.45) is 0 Å². The van der Waals surface area contributed by atoms with E-state index in [4.69, 9.17) is 0 Å². The zero-order chi connectivity index (χ0) is 13.1. The highest BCUT2D eigenvalue weighted by Crippen LogP contribution is 2.29. The van der Waals surface area contributed by atoms with E-state index in [2.05, 4.69) is 31.2 Å². The Labute approximate surface area is 111 Å². The Kier molecular flexibility index (Phi) is 3.52. The van der Waals surface area contributed by atoms with Gasteiger partial charge in [-0.15, -0.1) is 0 Å². The molecule has 1 aromatic carbocycles. The van der Waals surface area contributed by atoms with Crippen LogP contribution in [0.1, 0.15) is 5.56 Å². The molecule has 0 saturated carbocycles. The number of nitrogens with one attached hydrogen (secondary N) is 1. The van der Waals surface area contributed by atoms with Crippen molar-refractivity contribution in [2.45, 2.75) is 6.92 Å². The normalized spacial score (nSPS) is 10.1. The molecule has 0 radical (unpaired) electrons. The Morgan fingerprint density at radius 1 is 1.33 bits per heavy atom. The van der Waals surface area contributed by atoms with Crippen molar-refractivity contribution < 1.29 is 4.92 Å². The number of hydrogen-bond donors (Lipinski definition) is 1. The van der Waals surface area contributed by atoms with Crippen molar-refractivity contribution in [3.8, 4) is 0 Å². The van der Waals surface area contributed by atoms with E-state index < -0.39 is 4.92 Å². The molecule has 1 heterocycles. The van der Waals surface area contributed by atoms with Gasteiger partial charge >= 0.3 is 0 Å². The molecule has 92 valence electrons. The number of aromatic nitrogens is 2. The maximum Gasteiger partial charge on any atom is 0.292 e. The van der Waals surface area contributed by atoms with E-state index in [1.807, 2.05) is 0 Å². The number of nitrogens with zero attached hydrogens (tertiary/aromatic N) is 3. The molecule has 0 unspecified atom stereocenters. The minimum Gasteiger partial charge on any atom is -0.333 e. The van der Waals surface area contributed by atoms with Crippen LogP contribution in [-0.2, 0) is 0 Å². The van der Waals surface area contributed by atoms with Crippen molar-refractivity contribution in [3.63, 3.8) is 0 Å². The fourth-order valence-corrected chi connectivity index (χ4v) is 1.68. The van der Waals surface area contributed by atoms with Gasteiger partial charge in [0, 0.05) is 6.07 Å². The third-order valence-electron chi connectivity index (χ3n) is 2.32. The smallest absolute Gasteiger partial charge is 0.292 e. The maximum atomic E-state index is 10.9. The molecule has 0 spiro atoms. The molecule has 0 aliphatic rings. The highest BCUT2D eigenvalue weighted by atomic mass is 79.9. The summed E-state index contributed by atoms with van der Waals surface area (Å²) in [7, 11) is 0. The van der Waals surface area contributed by atoms with Crippen LogP contribution in [0, 0.1) is 17.0 Å². The molecule has 0 aliphatic heterocycles. The molecular weight excluding hydrogens is 300 g/mol. The van der Waals surface area contributed by atoms with Gasteiger partial charge in [-0.3, -0.25) is 10.1 Å². The molecule has 0 aliphatic carbocycles. The van der Waals surface area contributed by atoms with E-state index in [1.165, 1.54) is 18.5 Å². The predicted molar refractivity (Wildman–Crippen MR) is 70.8 cm³/mol. The quantitative estimate of drug-likeness (QED) is 0.695. The van der Waals surface area contributed by atoms with Crippen LogP contribution >= 0.6 is 15.9 Å². The topological polar surface area (TPSA) is 81.0 Å². The summed E-state index contributed by atoms with van der Waals surface area (Å²) < 4.78 is 0.604. The molecule has 0 bridgehead atoms. The molecule has 1 aromatic heterocycles. The number of halogens is 1. The standard InChI is InChI=1S/C11H9BrN4O2/c1-7-3-2-4-8(16(17)18)11(7)15-10-6-13-9(12)5-14-10/h2-6H,1H3,(H,14,15). The number of nitro groups is 1. The number of anilines is 2. The van der Waals surface area contributed by atoms with Gasteiger partial charge in [-0.2, -0.15) is 0 Å². The molecule has 7 heteroatoms. The van der Waals surface area contributed by atoms with Crippen LogP contribution in [0.15, 0.2) is 35.2 Å². The first-order valence-electron chi connectivity index (χ1n) is 5.06. The van der Waals surface area contributed by atoms with E-state index in [-0.39, 0.29) is 5.69 Å². The summed E-state index contributed by atoms with van der Waals surface area (Å²) in [6, 6.07) is 4.88. The van der Waals surface area contributed by atoms with E-state index >= 15 is 0 Å². The Hall–Kier alpha value is -2.02. The first-order chi connectivity index (χ1) is 8.58. The number of benzene rings is 1. The van der Waals surface area contributed by atoms with Crippen LogP contribution in [0.2, 0.25) is 0 Å². The number of aryl methyl sites for hydroxylation is 1. The van der Waals surface area contributed by atoms with Crippen LogP contribution in [0.3, 0.4) is 0 Å². The Balaban J connectivity index is 2.39.